The minimum absolute atomic E-state index is 0.0432. The van der Waals surface area contributed by atoms with E-state index in [1.54, 1.807) is 13.3 Å². The number of rotatable bonds is 5. The van der Waals surface area contributed by atoms with E-state index in [1.807, 2.05) is 66.3 Å². The number of para-hydroxylation sites is 1. The van der Waals surface area contributed by atoms with E-state index in [9.17, 15) is 4.79 Å². The van der Waals surface area contributed by atoms with Crippen LogP contribution < -0.4 is 14.8 Å². The van der Waals surface area contributed by atoms with Gasteiger partial charge in [0.15, 0.2) is 0 Å². The van der Waals surface area contributed by atoms with E-state index in [1.165, 1.54) is 0 Å². The summed E-state index contributed by atoms with van der Waals surface area (Å²) in [6.45, 7) is 0.374. The lowest BCUT2D eigenvalue weighted by molar-refractivity contribution is -0.126. The third-order valence-electron chi connectivity index (χ3n) is 5.10. The first-order valence-corrected chi connectivity index (χ1v) is 9.28. The highest BCUT2D eigenvalue weighted by molar-refractivity contribution is 5.80. The minimum atomic E-state index is -0.351. The van der Waals surface area contributed by atoms with Crippen LogP contribution in [0.3, 0.4) is 0 Å². The average Bonchev–Trinajstić information content (AvgIpc) is 3.17. The van der Waals surface area contributed by atoms with Gasteiger partial charge in [-0.05, 0) is 35.7 Å². The number of methoxy groups -OCH3 is 1. The van der Waals surface area contributed by atoms with Gasteiger partial charge in [0.1, 0.15) is 30.0 Å². The zero-order chi connectivity index (χ0) is 19.5. The number of carbonyl (C=O) groups is 1. The molecule has 0 radical (unpaired) electrons. The molecule has 4 rings (SSSR count). The smallest absolute Gasteiger partial charge is 0.227 e. The molecule has 1 aromatic heterocycles. The Bertz CT molecular complexity index is 965. The van der Waals surface area contributed by atoms with Crippen molar-refractivity contribution in [2.75, 3.05) is 13.7 Å². The Labute approximate surface area is 164 Å². The van der Waals surface area contributed by atoms with Crippen LogP contribution in [0.2, 0.25) is 0 Å². The second-order valence-electron chi connectivity index (χ2n) is 6.93. The van der Waals surface area contributed by atoms with Crippen LogP contribution in [0, 0.1) is 5.92 Å². The van der Waals surface area contributed by atoms with Crippen LogP contribution in [0.15, 0.2) is 60.9 Å². The molecule has 6 nitrogen and oxygen atoms in total. The Kier molecular flexibility index (Phi) is 5.02. The number of hydrogen-bond donors (Lipinski definition) is 1. The molecule has 0 saturated heterocycles. The molecule has 1 N–H and O–H groups in total. The van der Waals surface area contributed by atoms with Crippen LogP contribution in [0.1, 0.15) is 23.0 Å². The fourth-order valence-corrected chi connectivity index (χ4v) is 3.51. The predicted octanol–water partition coefficient (Wildman–Crippen LogP) is 2.89. The maximum Gasteiger partial charge on any atom is 0.227 e. The van der Waals surface area contributed by atoms with Gasteiger partial charge in [0.05, 0.1) is 13.0 Å². The molecule has 0 unspecified atom stereocenters. The van der Waals surface area contributed by atoms with Gasteiger partial charge in [-0.1, -0.05) is 30.3 Å². The molecule has 0 aliphatic carbocycles. The lowest BCUT2D eigenvalue weighted by Crippen LogP contribution is -2.40. The normalized spacial score (nSPS) is 16.6. The number of benzene rings is 2. The number of carbonyl (C=O) groups excluding carboxylic acids is 1. The molecule has 144 valence electrons. The molecular formula is C22H23N3O3. The molecule has 0 fully saturated rings. The third kappa shape index (κ3) is 3.58. The van der Waals surface area contributed by atoms with Gasteiger partial charge in [0, 0.05) is 19.4 Å². The Morgan fingerprint density at radius 1 is 1.25 bits per heavy atom. The van der Waals surface area contributed by atoms with Gasteiger partial charge < -0.3 is 19.4 Å². The van der Waals surface area contributed by atoms with Gasteiger partial charge in [-0.15, -0.1) is 0 Å². The Balaban J connectivity index is 1.57. The van der Waals surface area contributed by atoms with Crippen LogP contribution in [-0.4, -0.2) is 29.2 Å². The highest BCUT2D eigenvalue weighted by atomic mass is 16.5. The number of fused-ring (bicyclic) bond motifs is 1. The van der Waals surface area contributed by atoms with Crippen molar-refractivity contribution in [2.45, 2.75) is 12.5 Å². The van der Waals surface area contributed by atoms with Crippen molar-refractivity contribution >= 4 is 5.91 Å². The Hall–Kier alpha value is -3.28. The maximum atomic E-state index is 13.1. The summed E-state index contributed by atoms with van der Waals surface area (Å²) in [4.78, 5) is 17.5. The molecule has 2 heterocycles. The van der Waals surface area contributed by atoms with Crippen molar-refractivity contribution in [1.29, 1.82) is 0 Å². The zero-order valence-corrected chi connectivity index (χ0v) is 16.0. The fourth-order valence-electron chi connectivity index (χ4n) is 3.51. The van der Waals surface area contributed by atoms with Crippen molar-refractivity contribution < 1.29 is 14.3 Å². The molecule has 6 heteroatoms. The largest absolute Gasteiger partial charge is 0.497 e. The molecule has 2 aromatic carbocycles. The second-order valence-corrected chi connectivity index (χ2v) is 6.93. The van der Waals surface area contributed by atoms with Gasteiger partial charge in [-0.25, -0.2) is 4.98 Å². The van der Waals surface area contributed by atoms with E-state index in [-0.39, 0.29) is 17.9 Å². The number of ether oxygens (including phenoxy) is 2. The number of nitrogens with zero attached hydrogens (tertiary/aromatic N) is 2. The molecule has 28 heavy (non-hydrogen) atoms. The first-order chi connectivity index (χ1) is 13.7. The van der Waals surface area contributed by atoms with Crippen LogP contribution in [0.5, 0.6) is 11.5 Å². The van der Waals surface area contributed by atoms with Gasteiger partial charge in [-0.2, -0.15) is 0 Å². The SMILES string of the molecule is COc1ccc([C@H](NC(=O)[C@@H]2COc3ccccc3C2)c2nccn2C)cc1. The van der Waals surface area contributed by atoms with Crippen molar-refractivity contribution in [3.8, 4) is 11.5 Å². The lowest BCUT2D eigenvalue weighted by Gasteiger charge is -2.27. The summed E-state index contributed by atoms with van der Waals surface area (Å²) in [5.41, 5.74) is 2.01. The summed E-state index contributed by atoms with van der Waals surface area (Å²) in [6, 6.07) is 15.2. The summed E-state index contributed by atoms with van der Waals surface area (Å²) in [5, 5.41) is 3.17. The number of aryl methyl sites for hydroxylation is 1. The quantitative estimate of drug-likeness (QED) is 0.743. The van der Waals surface area contributed by atoms with E-state index in [0.29, 0.717) is 13.0 Å². The van der Waals surface area contributed by atoms with E-state index in [4.69, 9.17) is 9.47 Å². The summed E-state index contributed by atoms with van der Waals surface area (Å²) >= 11 is 0. The number of imidazole rings is 1. The summed E-state index contributed by atoms with van der Waals surface area (Å²) < 4.78 is 13.0. The van der Waals surface area contributed by atoms with E-state index in [0.717, 1.165) is 28.5 Å². The van der Waals surface area contributed by atoms with E-state index in [2.05, 4.69) is 10.3 Å². The molecule has 1 aliphatic heterocycles. The lowest BCUT2D eigenvalue weighted by atomic mass is 9.95. The van der Waals surface area contributed by atoms with Gasteiger partial charge >= 0.3 is 0 Å². The first-order valence-electron chi connectivity index (χ1n) is 9.28. The fraction of sp³-hybridized carbons (Fsp3) is 0.273. The Morgan fingerprint density at radius 2 is 2.04 bits per heavy atom. The molecule has 0 spiro atoms. The Morgan fingerprint density at radius 3 is 2.75 bits per heavy atom. The minimum Gasteiger partial charge on any atom is -0.497 e. The van der Waals surface area contributed by atoms with Crippen LogP contribution in [0.25, 0.3) is 0 Å². The third-order valence-corrected chi connectivity index (χ3v) is 5.10. The number of hydrogen-bond acceptors (Lipinski definition) is 4. The molecular weight excluding hydrogens is 354 g/mol. The monoisotopic (exact) mass is 377 g/mol. The number of nitrogens with one attached hydrogen (secondary N) is 1. The molecule has 1 amide bonds. The summed E-state index contributed by atoms with van der Waals surface area (Å²) in [5.74, 6) is 2.12. The van der Waals surface area contributed by atoms with Crippen molar-refractivity contribution in [1.82, 2.24) is 14.9 Å². The van der Waals surface area contributed by atoms with Crippen LogP contribution in [-0.2, 0) is 18.3 Å². The van der Waals surface area contributed by atoms with Crippen LogP contribution in [0.4, 0.5) is 0 Å². The highest BCUT2D eigenvalue weighted by Gasteiger charge is 2.29. The van der Waals surface area contributed by atoms with Gasteiger partial charge in [0.2, 0.25) is 5.91 Å². The van der Waals surface area contributed by atoms with E-state index >= 15 is 0 Å². The number of aromatic nitrogens is 2. The number of amides is 1. The molecule has 0 saturated carbocycles. The first kappa shape index (κ1) is 18.1. The molecule has 0 bridgehead atoms. The summed E-state index contributed by atoms with van der Waals surface area (Å²) in [7, 11) is 3.55. The van der Waals surface area contributed by atoms with E-state index < -0.39 is 0 Å². The van der Waals surface area contributed by atoms with Crippen LogP contribution >= 0.6 is 0 Å². The van der Waals surface area contributed by atoms with Crippen molar-refractivity contribution in [2.24, 2.45) is 13.0 Å². The van der Waals surface area contributed by atoms with Gasteiger partial charge in [-0.3, -0.25) is 4.79 Å². The predicted molar refractivity (Wildman–Crippen MR) is 105 cm³/mol. The standard InChI is InChI=1S/C22H23N3O3/c1-25-12-11-23-21(25)20(15-7-9-18(27-2)10-8-15)24-22(26)17-13-16-5-3-4-6-19(16)28-14-17/h3-12,17,20H,13-14H2,1-2H3,(H,24,26)/t17-,20-/m0/s1. The van der Waals surface area contributed by atoms with Crippen molar-refractivity contribution in [3.05, 3.63) is 77.9 Å². The molecule has 3 aromatic rings. The molecule has 1 aliphatic rings. The zero-order valence-electron chi connectivity index (χ0n) is 16.0. The second kappa shape index (κ2) is 7.76. The van der Waals surface area contributed by atoms with Crippen molar-refractivity contribution in [3.63, 3.8) is 0 Å². The average molecular weight is 377 g/mol. The van der Waals surface area contributed by atoms with Gasteiger partial charge in [0.25, 0.3) is 0 Å². The maximum absolute atomic E-state index is 13.1. The molecule has 2 atom stereocenters. The highest BCUT2D eigenvalue weighted by Crippen LogP contribution is 2.28. The topological polar surface area (TPSA) is 65.4 Å². The summed E-state index contributed by atoms with van der Waals surface area (Å²) in [6.07, 6.45) is 4.27.